The van der Waals surface area contributed by atoms with Crippen molar-refractivity contribution in [2.75, 3.05) is 0 Å². The molecule has 0 amide bonds. The minimum absolute atomic E-state index is 0.0124. The number of aldehydes is 1. The lowest BCUT2D eigenvalue weighted by atomic mass is 9.77. The van der Waals surface area contributed by atoms with Crippen molar-refractivity contribution in [3.63, 3.8) is 0 Å². The topological polar surface area (TPSA) is 63.6 Å². The number of phenols is 1. The molecule has 0 fully saturated rings. The van der Waals surface area contributed by atoms with Crippen LogP contribution in [0.25, 0.3) is 10.8 Å². The average Bonchev–Trinajstić information content (AvgIpc) is 2.65. The molecular weight excluding hydrogens is 364 g/mol. The highest BCUT2D eigenvalue weighted by Crippen LogP contribution is 2.46. The molecule has 0 aliphatic carbocycles. The number of allylic oxidation sites excluding steroid dienone is 2. The van der Waals surface area contributed by atoms with Crippen LogP contribution in [0.15, 0.2) is 35.9 Å². The highest BCUT2D eigenvalue weighted by atomic mass is 16.5. The molecule has 2 aromatic rings. The van der Waals surface area contributed by atoms with Gasteiger partial charge < -0.3 is 14.6 Å². The number of phenolic OH excluding ortho intramolecular Hbond substituents is 1. The minimum Gasteiger partial charge on any atom is -0.507 e. The van der Waals surface area contributed by atoms with Crippen molar-refractivity contribution >= 4 is 23.0 Å². The predicted octanol–water partition coefficient (Wildman–Crippen LogP) is 5.86. The molecule has 1 N–H and O–H groups in total. The Morgan fingerprint density at radius 3 is 2.31 bits per heavy atom. The van der Waals surface area contributed by atoms with Crippen LogP contribution in [-0.2, 0) is 15.0 Å². The molecule has 0 aromatic heterocycles. The number of fused-ring (bicyclic) bond motifs is 1. The van der Waals surface area contributed by atoms with E-state index in [1.807, 2.05) is 31.2 Å². The van der Waals surface area contributed by atoms with E-state index in [0.717, 1.165) is 11.8 Å². The lowest BCUT2D eigenvalue weighted by molar-refractivity contribution is -0.136. The molecular formula is C25H32O4. The summed E-state index contributed by atoms with van der Waals surface area (Å²) in [5, 5.41) is 12.2. The van der Waals surface area contributed by atoms with Gasteiger partial charge in [0.2, 0.25) is 0 Å². The predicted molar refractivity (Wildman–Crippen MR) is 117 cm³/mol. The lowest BCUT2D eigenvalue weighted by Gasteiger charge is -2.29. The summed E-state index contributed by atoms with van der Waals surface area (Å²) < 4.78 is 5.86. The van der Waals surface area contributed by atoms with Crippen molar-refractivity contribution < 1.29 is 19.4 Å². The minimum atomic E-state index is -0.480. The second kappa shape index (κ2) is 8.81. The molecule has 2 rings (SSSR count). The molecule has 0 saturated heterocycles. The van der Waals surface area contributed by atoms with Gasteiger partial charge in [-0.1, -0.05) is 70.5 Å². The monoisotopic (exact) mass is 396 g/mol. The van der Waals surface area contributed by atoms with Gasteiger partial charge in [0.1, 0.15) is 17.8 Å². The molecule has 0 aliphatic heterocycles. The Morgan fingerprint density at radius 1 is 1.17 bits per heavy atom. The normalized spacial score (nSPS) is 13.6. The molecule has 0 bridgehead atoms. The third-order valence-corrected chi connectivity index (χ3v) is 5.46. The first kappa shape index (κ1) is 22.7. The SMILES string of the molecule is C/C(=C\C(C)(C)c1c(C)c(O)c2ccccc2c1OC(=O)CC(C)C=O)C(C)C. The highest BCUT2D eigenvalue weighted by Gasteiger charge is 2.30. The smallest absolute Gasteiger partial charge is 0.311 e. The molecule has 2 aromatic carbocycles. The van der Waals surface area contributed by atoms with Gasteiger partial charge in [0.25, 0.3) is 0 Å². The molecule has 0 saturated carbocycles. The van der Waals surface area contributed by atoms with Crippen LogP contribution in [0.2, 0.25) is 0 Å². The Kier molecular flexibility index (Phi) is 6.89. The third kappa shape index (κ3) is 4.87. The van der Waals surface area contributed by atoms with Crippen molar-refractivity contribution in [1.29, 1.82) is 0 Å². The fourth-order valence-corrected chi connectivity index (χ4v) is 3.67. The van der Waals surface area contributed by atoms with Gasteiger partial charge in [0.05, 0.1) is 6.42 Å². The highest BCUT2D eigenvalue weighted by molar-refractivity contribution is 5.97. The second-order valence-electron chi connectivity index (χ2n) is 8.78. The van der Waals surface area contributed by atoms with E-state index in [1.165, 1.54) is 5.57 Å². The molecule has 0 heterocycles. The summed E-state index contributed by atoms with van der Waals surface area (Å²) in [5.74, 6) is 0.160. The number of hydrogen-bond donors (Lipinski definition) is 1. The quantitative estimate of drug-likeness (QED) is 0.275. The second-order valence-corrected chi connectivity index (χ2v) is 8.78. The lowest BCUT2D eigenvalue weighted by Crippen LogP contribution is -2.21. The molecule has 4 nitrogen and oxygen atoms in total. The number of rotatable bonds is 7. The Bertz CT molecular complexity index is 951. The molecule has 0 spiro atoms. The van der Waals surface area contributed by atoms with E-state index in [4.69, 9.17) is 4.74 Å². The third-order valence-electron chi connectivity index (χ3n) is 5.46. The molecule has 156 valence electrons. The van der Waals surface area contributed by atoms with Gasteiger partial charge in [-0.2, -0.15) is 0 Å². The van der Waals surface area contributed by atoms with Crippen LogP contribution in [0.5, 0.6) is 11.5 Å². The number of hydrogen-bond acceptors (Lipinski definition) is 4. The summed E-state index contributed by atoms with van der Waals surface area (Å²) in [5.41, 5.74) is 2.20. The van der Waals surface area contributed by atoms with Crippen molar-refractivity contribution in [3.8, 4) is 11.5 Å². The first-order chi connectivity index (χ1) is 13.5. The summed E-state index contributed by atoms with van der Waals surface area (Å²) >= 11 is 0. The first-order valence-electron chi connectivity index (χ1n) is 10.1. The fraction of sp³-hybridized carbons (Fsp3) is 0.440. The van der Waals surface area contributed by atoms with Crippen LogP contribution in [0.1, 0.15) is 59.1 Å². The van der Waals surface area contributed by atoms with Crippen molar-refractivity contribution in [2.24, 2.45) is 11.8 Å². The van der Waals surface area contributed by atoms with Gasteiger partial charge in [-0.25, -0.2) is 0 Å². The maximum absolute atomic E-state index is 12.6. The maximum Gasteiger partial charge on any atom is 0.311 e. The van der Waals surface area contributed by atoms with Crippen LogP contribution >= 0.6 is 0 Å². The molecule has 29 heavy (non-hydrogen) atoms. The summed E-state index contributed by atoms with van der Waals surface area (Å²) in [4.78, 5) is 23.5. The van der Waals surface area contributed by atoms with E-state index >= 15 is 0 Å². The number of benzene rings is 2. The van der Waals surface area contributed by atoms with E-state index in [9.17, 15) is 14.7 Å². The van der Waals surface area contributed by atoms with Crippen molar-refractivity contribution in [3.05, 3.63) is 47.0 Å². The van der Waals surface area contributed by atoms with Crippen LogP contribution in [0.4, 0.5) is 0 Å². The van der Waals surface area contributed by atoms with Gasteiger partial charge in [-0.3, -0.25) is 4.79 Å². The van der Waals surface area contributed by atoms with Gasteiger partial charge in [-0.05, 0) is 25.3 Å². The molecule has 0 radical (unpaired) electrons. The maximum atomic E-state index is 12.6. The summed E-state index contributed by atoms with van der Waals surface area (Å²) in [6, 6.07) is 7.36. The zero-order chi connectivity index (χ0) is 21.9. The van der Waals surface area contributed by atoms with E-state index in [0.29, 0.717) is 28.0 Å². The van der Waals surface area contributed by atoms with Gasteiger partial charge in [0.15, 0.2) is 0 Å². The number of carbonyl (C=O) groups excluding carboxylic acids is 2. The summed E-state index contributed by atoms with van der Waals surface area (Å²) in [6.45, 7) is 14.0. The number of carbonyl (C=O) groups is 2. The van der Waals surface area contributed by atoms with Crippen LogP contribution in [0.3, 0.4) is 0 Å². The zero-order valence-corrected chi connectivity index (χ0v) is 18.5. The Hall–Kier alpha value is -2.62. The van der Waals surface area contributed by atoms with Gasteiger partial charge in [0, 0.05) is 27.7 Å². The molecule has 1 atom stereocenters. The first-order valence-corrected chi connectivity index (χ1v) is 10.1. The molecule has 1 unspecified atom stereocenters. The van der Waals surface area contributed by atoms with E-state index in [2.05, 4.69) is 40.7 Å². The van der Waals surface area contributed by atoms with Crippen LogP contribution in [-0.4, -0.2) is 17.4 Å². The van der Waals surface area contributed by atoms with Crippen LogP contribution in [0, 0.1) is 18.8 Å². The Balaban J connectivity index is 2.76. The standard InChI is InChI=1S/C25H32O4/c1-15(2)17(4)13-25(6,7)22-18(5)23(28)19-10-8-9-11-20(19)24(22)29-21(27)12-16(3)14-26/h8-11,13-16,28H,12H2,1-7H3/b17-13+. The fourth-order valence-electron chi connectivity index (χ4n) is 3.67. The van der Waals surface area contributed by atoms with Crippen molar-refractivity contribution in [2.45, 2.75) is 60.3 Å². The number of esters is 1. The molecule has 0 aliphatic rings. The van der Waals surface area contributed by atoms with E-state index < -0.39 is 17.3 Å². The largest absolute Gasteiger partial charge is 0.507 e. The van der Waals surface area contributed by atoms with E-state index in [1.54, 1.807) is 6.92 Å². The summed E-state index contributed by atoms with van der Waals surface area (Å²) in [7, 11) is 0. The molecule has 4 heteroatoms. The van der Waals surface area contributed by atoms with Gasteiger partial charge >= 0.3 is 5.97 Å². The van der Waals surface area contributed by atoms with Crippen molar-refractivity contribution in [1.82, 2.24) is 0 Å². The van der Waals surface area contributed by atoms with Gasteiger partial charge in [-0.15, -0.1) is 0 Å². The number of ether oxygens (including phenoxy) is 1. The Morgan fingerprint density at radius 2 is 1.76 bits per heavy atom. The van der Waals surface area contributed by atoms with Crippen LogP contribution < -0.4 is 4.74 Å². The Labute approximate surface area is 173 Å². The van der Waals surface area contributed by atoms with E-state index in [-0.39, 0.29) is 12.2 Å². The zero-order valence-electron chi connectivity index (χ0n) is 18.5. The number of aromatic hydroxyl groups is 1. The average molecular weight is 397 g/mol. The summed E-state index contributed by atoms with van der Waals surface area (Å²) in [6.07, 6.45) is 2.93.